The van der Waals surface area contributed by atoms with E-state index < -0.39 is 0 Å². The van der Waals surface area contributed by atoms with Gasteiger partial charge in [0.25, 0.3) is 0 Å². The molecule has 1 fully saturated rings. The molecule has 100 valence electrons. The lowest BCUT2D eigenvalue weighted by atomic mass is 10.2. The first-order valence-electron chi connectivity index (χ1n) is 6.88. The van der Waals surface area contributed by atoms with Crippen LogP contribution in [0, 0.1) is 11.7 Å². The SMILES string of the molecule is CC(C)CN(CCNc1ccc(F)cc1)C1CC1. The minimum atomic E-state index is -0.181. The maximum absolute atomic E-state index is 12.8. The van der Waals surface area contributed by atoms with Crippen LogP contribution in [0.15, 0.2) is 24.3 Å². The van der Waals surface area contributed by atoms with Gasteiger partial charge in [-0.05, 0) is 43.0 Å². The van der Waals surface area contributed by atoms with Crippen molar-refractivity contribution in [1.82, 2.24) is 4.90 Å². The summed E-state index contributed by atoms with van der Waals surface area (Å²) in [7, 11) is 0. The Morgan fingerprint density at radius 1 is 1.28 bits per heavy atom. The molecule has 1 N–H and O–H groups in total. The van der Waals surface area contributed by atoms with Gasteiger partial charge in [0, 0.05) is 31.4 Å². The molecule has 0 heterocycles. The van der Waals surface area contributed by atoms with Gasteiger partial charge in [0.1, 0.15) is 5.82 Å². The Hall–Kier alpha value is -1.09. The maximum Gasteiger partial charge on any atom is 0.123 e. The minimum absolute atomic E-state index is 0.181. The van der Waals surface area contributed by atoms with E-state index in [1.807, 2.05) is 0 Å². The van der Waals surface area contributed by atoms with Crippen LogP contribution in [0.4, 0.5) is 10.1 Å². The van der Waals surface area contributed by atoms with Gasteiger partial charge in [-0.3, -0.25) is 4.90 Å². The highest BCUT2D eigenvalue weighted by molar-refractivity contribution is 5.42. The number of benzene rings is 1. The number of anilines is 1. The average Bonchev–Trinajstić information content (AvgIpc) is 3.14. The van der Waals surface area contributed by atoms with Crippen molar-refractivity contribution >= 4 is 5.69 Å². The fraction of sp³-hybridized carbons (Fsp3) is 0.600. The smallest absolute Gasteiger partial charge is 0.123 e. The first-order chi connectivity index (χ1) is 8.65. The van der Waals surface area contributed by atoms with Gasteiger partial charge in [0.15, 0.2) is 0 Å². The average molecular weight is 250 g/mol. The monoisotopic (exact) mass is 250 g/mol. The molecule has 0 amide bonds. The third-order valence-electron chi connectivity index (χ3n) is 3.24. The summed E-state index contributed by atoms with van der Waals surface area (Å²) in [5, 5.41) is 3.35. The highest BCUT2D eigenvalue weighted by atomic mass is 19.1. The van der Waals surface area contributed by atoms with Crippen molar-refractivity contribution in [1.29, 1.82) is 0 Å². The van der Waals surface area contributed by atoms with E-state index >= 15 is 0 Å². The van der Waals surface area contributed by atoms with Gasteiger partial charge in [0.05, 0.1) is 0 Å². The Morgan fingerprint density at radius 2 is 1.94 bits per heavy atom. The van der Waals surface area contributed by atoms with Crippen LogP contribution in [-0.4, -0.2) is 30.6 Å². The topological polar surface area (TPSA) is 15.3 Å². The van der Waals surface area contributed by atoms with Crippen LogP contribution in [0.2, 0.25) is 0 Å². The lowest BCUT2D eigenvalue weighted by Gasteiger charge is -2.24. The molecule has 0 aliphatic heterocycles. The lowest BCUT2D eigenvalue weighted by molar-refractivity contribution is 0.243. The third kappa shape index (κ3) is 4.30. The first-order valence-corrected chi connectivity index (χ1v) is 6.88. The molecule has 0 unspecified atom stereocenters. The lowest BCUT2D eigenvalue weighted by Crippen LogP contribution is -2.34. The predicted octanol–water partition coefficient (Wildman–Crippen LogP) is 3.36. The van der Waals surface area contributed by atoms with Gasteiger partial charge < -0.3 is 5.32 Å². The molecule has 0 aromatic heterocycles. The zero-order valence-corrected chi connectivity index (χ0v) is 11.3. The molecule has 0 saturated heterocycles. The summed E-state index contributed by atoms with van der Waals surface area (Å²) in [4.78, 5) is 2.57. The van der Waals surface area contributed by atoms with Gasteiger partial charge >= 0.3 is 0 Å². The molecular formula is C15H23FN2. The van der Waals surface area contributed by atoms with Crippen molar-refractivity contribution in [3.63, 3.8) is 0 Å². The number of nitrogens with one attached hydrogen (secondary N) is 1. The Kier molecular flexibility index (Phi) is 4.59. The molecule has 1 aliphatic rings. The van der Waals surface area contributed by atoms with Gasteiger partial charge in [-0.1, -0.05) is 13.8 Å². The number of hydrogen-bond donors (Lipinski definition) is 1. The number of hydrogen-bond acceptors (Lipinski definition) is 2. The molecule has 3 heteroatoms. The molecule has 1 saturated carbocycles. The van der Waals surface area contributed by atoms with Crippen LogP contribution in [0.3, 0.4) is 0 Å². The molecule has 2 nitrogen and oxygen atoms in total. The quantitative estimate of drug-likeness (QED) is 0.798. The summed E-state index contributed by atoms with van der Waals surface area (Å²) < 4.78 is 12.8. The summed E-state index contributed by atoms with van der Waals surface area (Å²) in [6.45, 7) is 7.70. The van der Waals surface area contributed by atoms with Gasteiger partial charge in [-0.2, -0.15) is 0 Å². The first kappa shape index (κ1) is 13.3. The van der Waals surface area contributed by atoms with E-state index in [1.54, 1.807) is 12.1 Å². The molecule has 1 aliphatic carbocycles. The van der Waals surface area contributed by atoms with E-state index in [9.17, 15) is 4.39 Å². The Labute approximate surface area is 109 Å². The Morgan fingerprint density at radius 3 is 2.50 bits per heavy atom. The van der Waals surface area contributed by atoms with Crippen molar-refractivity contribution in [2.45, 2.75) is 32.7 Å². The standard InChI is InChI=1S/C15H23FN2/c1-12(2)11-18(15-7-8-15)10-9-17-14-5-3-13(16)4-6-14/h3-6,12,15,17H,7-11H2,1-2H3. The zero-order valence-electron chi connectivity index (χ0n) is 11.3. The second-order valence-electron chi connectivity index (χ2n) is 5.55. The molecule has 2 rings (SSSR count). The van der Waals surface area contributed by atoms with Crippen LogP contribution in [-0.2, 0) is 0 Å². The maximum atomic E-state index is 12.8. The van der Waals surface area contributed by atoms with Crippen molar-refractivity contribution in [2.75, 3.05) is 25.0 Å². The molecule has 0 spiro atoms. The Bertz CT molecular complexity index is 357. The van der Waals surface area contributed by atoms with Crippen LogP contribution in [0.5, 0.6) is 0 Å². The second-order valence-corrected chi connectivity index (χ2v) is 5.55. The number of nitrogens with zero attached hydrogens (tertiary/aromatic N) is 1. The van der Waals surface area contributed by atoms with Crippen LogP contribution >= 0.6 is 0 Å². The van der Waals surface area contributed by atoms with Crippen molar-refractivity contribution in [3.8, 4) is 0 Å². The van der Waals surface area contributed by atoms with Crippen LogP contribution in [0.25, 0.3) is 0 Å². The van der Waals surface area contributed by atoms with Gasteiger partial charge in [0.2, 0.25) is 0 Å². The minimum Gasteiger partial charge on any atom is -0.384 e. The van der Waals surface area contributed by atoms with Crippen LogP contribution in [0.1, 0.15) is 26.7 Å². The van der Waals surface area contributed by atoms with E-state index in [2.05, 4.69) is 24.1 Å². The third-order valence-corrected chi connectivity index (χ3v) is 3.24. The normalized spacial score (nSPS) is 15.4. The van der Waals surface area contributed by atoms with E-state index in [1.165, 1.54) is 31.5 Å². The highest BCUT2D eigenvalue weighted by Gasteiger charge is 2.28. The molecule has 0 bridgehead atoms. The number of halogens is 1. The fourth-order valence-corrected chi connectivity index (χ4v) is 2.24. The molecule has 18 heavy (non-hydrogen) atoms. The Balaban J connectivity index is 1.74. The number of rotatable bonds is 7. The van der Waals surface area contributed by atoms with Gasteiger partial charge in [-0.15, -0.1) is 0 Å². The van der Waals surface area contributed by atoms with Crippen molar-refractivity contribution in [3.05, 3.63) is 30.1 Å². The molecule has 1 aromatic carbocycles. The second kappa shape index (κ2) is 6.19. The molecular weight excluding hydrogens is 227 g/mol. The summed E-state index contributed by atoms with van der Waals surface area (Å²) >= 11 is 0. The largest absolute Gasteiger partial charge is 0.384 e. The highest BCUT2D eigenvalue weighted by Crippen LogP contribution is 2.27. The summed E-state index contributed by atoms with van der Waals surface area (Å²) in [5.74, 6) is 0.538. The molecule has 0 atom stereocenters. The summed E-state index contributed by atoms with van der Waals surface area (Å²) in [5.41, 5.74) is 0.997. The van der Waals surface area contributed by atoms with Gasteiger partial charge in [-0.25, -0.2) is 4.39 Å². The van der Waals surface area contributed by atoms with E-state index in [-0.39, 0.29) is 5.82 Å². The van der Waals surface area contributed by atoms with E-state index in [0.29, 0.717) is 0 Å². The van der Waals surface area contributed by atoms with E-state index in [4.69, 9.17) is 0 Å². The van der Waals surface area contributed by atoms with Crippen molar-refractivity contribution in [2.24, 2.45) is 5.92 Å². The summed E-state index contributed by atoms with van der Waals surface area (Å²) in [6, 6.07) is 7.38. The predicted molar refractivity (Wildman–Crippen MR) is 74.3 cm³/mol. The molecule has 1 aromatic rings. The molecule has 0 radical (unpaired) electrons. The van der Waals surface area contributed by atoms with Crippen molar-refractivity contribution < 1.29 is 4.39 Å². The fourth-order valence-electron chi connectivity index (χ4n) is 2.24. The van der Waals surface area contributed by atoms with E-state index in [0.717, 1.165) is 30.7 Å². The summed E-state index contributed by atoms with van der Waals surface area (Å²) in [6.07, 6.45) is 2.70. The van der Waals surface area contributed by atoms with Crippen LogP contribution < -0.4 is 5.32 Å². The zero-order chi connectivity index (χ0) is 13.0.